The molecule has 2 nitrogen and oxygen atoms in total. The van der Waals surface area contributed by atoms with Crippen LogP contribution >= 0.6 is 0 Å². The van der Waals surface area contributed by atoms with Crippen LogP contribution in [0.4, 0.5) is 17.1 Å². The van der Waals surface area contributed by atoms with Gasteiger partial charge in [0.25, 0.3) is 6.71 Å². The van der Waals surface area contributed by atoms with E-state index in [1.165, 1.54) is 66.5 Å². The first-order valence-electron chi connectivity index (χ1n) is 11.9. The monoisotopic (exact) mass is 432 g/mol. The predicted molar refractivity (Wildman–Crippen MR) is 145 cm³/mol. The summed E-state index contributed by atoms with van der Waals surface area (Å²) < 4.78 is 2.51. The maximum atomic E-state index is 2.51. The Morgan fingerprint density at radius 2 is 1.29 bits per heavy atom. The number of benzene rings is 5. The van der Waals surface area contributed by atoms with Gasteiger partial charge in [0.2, 0.25) is 0 Å². The molecular weight excluding hydrogens is 411 g/mol. The Labute approximate surface area is 198 Å². The number of fused-ring (bicyclic) bond motifs is 7. The molecule has 5 aromatic carbocycles. The number of aryl methyl sites for hydroxylation is 1. The van der Waals surface area contributed by atoms with Crippen LogP contribution in [0.3, 0.4) is 0 Å². The maximum absolute atomic E-state index is 2.51. The van der Waals surface area contributed by atoms with Crippen molar-refractivity contribution in [2.24, 2.45) is 0 Å². The van der Waals surface area contributed by atoms with E-state index in [4.69, 9.17) is 0 Å². The van der Waals surface area contributed by atoms with Gasteiger partial charge in [-0.2, -0.15) is 0 Å². The van der Waals surface area contributed by atoms with Crippen molar-refractivity contribution < 1.29 is 0 Å². The van der Waals surface area contributed by atoms with E-state index >= 15 is 0 Å². The van der Waals surface area contributed by atoms with Gasteiger partial charge in [0.05, 0.1) is 5.52 Å². The highest BCUT2D eigenvalue weighted by Gasteiger charge is 2.41. The summed E-state index contributed by atoms with van der Waals surface area (Å²) >= 11 is 0. The van der Waals surface area contributed by atoms with Crippen molar-refractivity contribution >= 4 is 62.0 Å². The zero-order valence-corrected chi connectivity index (χ0v) is 18.9. The molecule has 0 saturated carbocycles. The molecule has 0 bridgehead atoms. The van der Waals surface area contributed by atoms with Crippen molar-refractivity contribution in [3.05, 3.63) is 115 Å². The van der Waals surface area contributed by atoms with Crippen molar-refractivity contribution in [1.29, 1.82) is 0 Å². The fraction of sp³-hybridized carbons (Fsp3) is 0.0323. The minimum absolute atomic E-state index is 0.210. The van der Waals surface area contributed by atoms with Crippen LogP contribution in [0.1, 0.15) is 5.56 Å². The first-order chi connectivity index (χ1) is 16.8. The first kappa shape index (κ1) is 18.2. The highest BCUT2D eigenvalue weighted by molar-refractivity contribution is 7.00. The van der Waals surface area contributed by atoms with E-state index in [1.807, 2.05) is 0 Å². The van der Waals surface area contributed by atoms with Crippen LogP contribution in [-0.4, -0.2) is 11.3 Å². The lowest BCUT2D eigenvalue weighted by atomic mass is 9.34. The lowest BCUT2D eigenvalue weighted by Crippen LogP contribution is -2.60. The lowest BCUT2D eigenvalue weighted by Gasteiger charge is -2.40. The molecule has 0 atom stereocenters. The molecule has 158 valence electrons. The molecule has 1 aromatic heterocycles. The van der Waals surface area contributed by atoms with E-state index in [2.05, 4.69) is 126 Å². The molecule has 0 radical (unpaired) electrons. The van der Waals surface area contributed by atoms with Crippen molar-refractivity contribution in [3.8, 4) is 5.69 Å². The van der Waals surface area contributed by atoms with Crippen LogP contribution in [0, 0.1) is 6.92 Å². The molecule has 0 unspecified atom stereocenters. The third kappa shape index (κ3) is 2.17. The number of para-hydroxylation sites is 4. The summed E-state index contributed by atoms with van der Waals surface area (Å²) in [6.45, 7) is 2.43. The fourth-order valence-electron chi connectivity index (χ4n) is 6.35. The first-order valence-corrected chi connectivity index (χ1v) is 11.9. The second kappa shape index (κ2) is 6.42. The summed E-state index contributed by atoms with van der Waals surface area (Å²) in [6.07, 6.45) is 0. The summed E-state index contributed by atoms with van der Waals surface area (Å²) in [5.74, 6) is 0. The number of hydrogen-bond donors (Lipinski definition) is 0. The van der Waals surface area contributed by atoms with Gasteiger partial charge in [0.1, 0.15) is 0 Å². The van der Waals surface area contributed by atoms with Crippen molar-refractivity contribution in [2.75, 3.05) is 4.90 Å². The number of nitrogens with zero attached hydrogens (tertiary/aromatic N) is 2. The average Bonchev–Trinajstić information content (AvgIpc) is 3.22. The van der Waals surface area contributed by atoms with Gasteiger partial charge in [0.15, 0.2) is 0 Å². The lowest BCUT2D eigenvalue weighted by molar-refractivity contribution is 1.17. The van der Waals surface area contributed by atoms with Gasteiger partial charge in [-0.3, -0.25) is 0 Å². The summed E-state index contributed by atoms with van der Waals surface area (Å²) in [6, 6.07) is 40.2. The molecule has 2 aliphatic heterocycles. The van der Waals surface area contributed by atoms with E-state index in [9.17, 15) is 0 Å². The van der Waals surface area contributed by atoms with Gasteiger partial charge >= 0.3 is 0 Å². The summed E-state index contributed by atoms with van der Waals surface area (Å²) in [4.78, 5) is 2.45. The van der Waals surface area contributed by atoms with Crippen LogP contribution < -0.4 is 21.3 Å². The van der Waals surface area contributed by atoms with Crippen LogP contribution in [0.2, 0.25) is 0 Å². The minimum Gasteiger partial charge on any atom is -0.311 e. The molecule has 6 aromatic rings. The zero-order valence-electron chi connectivity index (χ0n) is 18.9. The Balaban J connectivity index is 1.60. The van der Waals surface area contributed by atoms with Gasteiger partial charge in [-0.05, 0) is 65.3 Å². The number of anilines is 3. The molecule has 0 N–H and O–H groups in total. The van der Waals surface area contributed by atoms with E-state index in [0.29, 0.717) is 0 Å². The molecule has 0 amide bonds. The molecule has 0 aliphatic carbocycles. The second-order valence-electron chi connectivity index (χ2n) is 9.48. The number of rotatable bonds is 1. The van der Waals surface area contributed by atoms with Gasteiger partial charge in [-0.15, -0.1) is 0 Å². The summed E-state index contributed by atoms with van der Waals surface area (Å²) in [5, 5.41) is 2.66. The molecule has 2 aliphatic rings. The van der Waals surface area contributed by atoms with Gasteiger partial charge in [0, 0.05) is 39.0 Å². The normalized spacial score (nSPS) is 13.3. The molecule has 3 heteroatoms. The minimum atomic E-state index is 0.210. The van der Waals surface area contributed by atoms with Crippen LogP contribution in [-0.2, 0) is 0 Å². The molecule has 0 fully saturated rings. The van der Waals surface area contributed by atoms with Gasteiger partial charge in [-0.25, -0.2) is 0 Å². The van der Waals surface area contributed by atoms with Gasteiger partial charge in [-0.1, -0.05) is 72.8 Å². The summed E-state index contributed by atoms with van der Waals surface area (Å²) in [7, 11) is 0. The number of aromatic nitrogens is 1. The van der Waals surface area contributed by atoms with Crippen LogP contribution in [0.5, 0.6) is 0 Å². The molecule has 0 saturated heterocycles. The Hall–Kier alpha value is -4.24. The Kier molecular flexibility index (Phi) is 3.44. The smallest absolute Gasteiger partial charge is 0.252 e. The summed E-state index contributed by atoms with van der Waals surface area (Å²) in [5.41, 5.74) is 13.1. The molecule has 34 heavy (non-hydrogen) atoms. The Morgan fingerprint density at radius 1 is 0.588 bits per heavy atom. The zero-order chi connectivity index (χ0) is 22.4. The predicted octanol–water partition coefficient (Wildman–Crippen LogP) is 5.70. The largest absolute Gasteiger partial charge is 0.311 e. The van der Waals surface area contributed by atoms with E-state index < -0.39 is 0 Å². The average molecular weight is 432 g/mol. The Bertz CT molecular complexity index is 1780. The third-order valence-electron chi connectivity index (χ3n) is 7.59. The maximum Gasteiger partial charge on any atom is 0.252 e. The van der Waals surface area contributed by atoms with Crippen molar-refractivity contribution in [2.45, 2.75) is 6.92 Å². The van der Waals surface area contributed by atoms with E-state index in [0.717, 1.165) is 0 Å². The quantitative estimate of drug-likeness (QED) is 0.302. The standard InChI is InChI=1S/C31H21BN2/c1-20-18-28-30-29(19-20)34-26-16-7-5-12-22(26)23-13-9-15-25(31(23)34)32(30)24-14-6-8-17-27(24)33(28)21-10-3-2-4-11-21/h2-19H,1H3. The second-order valence-corrected chi connectivity index (χ2v) is 9.48. The topological polar surface area (TPSA) is 8.17 Å². The van der Waals surface area contributed by atoms with E-state index in [-0.39, 0.29) is 6.71 Å². The highest BCUT2D eigenvalue weighted by atomic mass is 15.2. The van der Waals surface area contributed by atoms with Crippen LogP contribution in [0.15, 0.2) is 109 Å². The van der Waals surface area contributed by atoms with Crippen LogP contribution in [0.25, 0.3) is 27.5 Å². The SMILES string of the molecule is Cc1cc2c3c(c1)-n1c4ccccc4c4cccc(c41)B3c1ccccc1N2c1ccccc1. The fourth-order valence-corrected chi connectivity index (χ4v) is 6.35. The molecular formula is C31H21BN2. The number of hydrogen-bond acceptors (Lipinski definition) is 1. The Morgan fingerprint density at radius 3 is 2.21 bits per heavy atom. The van der Waals surface area contributed by atoms with E-state index in [1.54, 1.807) is 0 Å². The van der Waals surface area contributed by atoms with Crippen molar-refractivity contribution in [1.82, 2.24) is 4.57 Å². The molecule has 3 heterocycles. The third-order valence-corrected chi connectivity index (χ3v) is 7.59. The molecule has 8 rings (SSSR count). The van der Waals surface area contributed by atoms with Crippen molar-refractivity contribution in [3.63, 3.8) is 0 Å². The van der Waals surface area contributed by atoms with Gasteiger partial charge < -0.3 is 9.47 Å². The molecule has 0 spiro atoms. The highest BCUT2D eigenvalue weighted by Crippen LogP contribution is 2.41.